The summed E-state index contributed by atoms with van der Waals surface area (Å²) in [5.41, 5.74) is 1.05. The molecular formula is C15H18N6S. The quantitative estimate of drug-likeness (QED) is 0.737. The van der Waals surface area contributed by atoms with Crippen molar-refractivity contribution in [1.82, 2.24) is 19.9 Å². The molecule has 3 aromatic rings. The first-order valence-corrected chi connectivity index (χ1v) is 7.77. The summed E-state index contributed by atoms with van der Waals surface area (Å²) < 4.78 is 0. The van der Waals surface area contributed by atoms with Gasteiger partial charge in [-0.2, -0.15) is 0 Å². The molecule has 6 nitrogen and oxygen atoms in total. The number of aryl methyl sites for hydroxylation is 1. The Morgan fingerprint density at radius 3 is 2.45 bits per heavy atom. The van der Waals surface area contributed by atoms with Crippen LogP contribution in [0.25, 0.3) is 10.2 Å². The maximum absolute atomic E-state index is 4.43. The van der Waals surface area contributed by atoms with Gasteiger partial charge in [-0.15, -0.1) is 11.3 Å². The Hall–Kier alpha value is -2.28. The third-order valence-corrected chi connectivity index (χ3v) is 4.26. The van der Waals surface area contributed by atoms with Crippen LogP contribution < -0.4 is 9.80 Å². The van der Waals surface area contributed by atoms with Crippen molar-refractivity contribution in [2.45, 2.75) is 13.5 Å². The highest BCUT2D eigenvalue weighted by Crippen LogP contribution is 2.29. The molecule has 0 aromatic carbocycles. The van der Waals surface area contributed by atoms with Crippen molar-refractivity contribution < 1.29 is 0 Å². The molecule has 114 valence electrons. The van der Waals surface area contributed by atoms with Gasteiger partial charge in [0.2, 0.25) is 5.95 Å². The van der Waals surface area contributed by atoms with Gasteiger partial charge in [-0.05, 0) is 13.0 Å². The second-order valence-corrected chi connectivity index (χ2v) is 6.65. The van der Waals surface area contributed by atoms with Gasteiger partial charge in [-0.25, -0.2) is 19.9 Å². The molecule has 0 aliphatic heterocycles. The van der Waals surface area contributed by atoms with Gasteiger partial charge in [0, 0.05) is 50.5 Å². The van der Waals surface area contributed by atoms with Gasteiger partial charge < -0.3 is 9.80 Å². The van der Waals surface area contributed by atoms with Crippen molar-refractivity contribution in [3.8, 4) is 0 Å². The van der Waals surface area contributed by atoms with E-state index in [1.807, 2.05) is 38.4 Å². The summed E-state index contributed by atoms with van der Waals surface area (Å²) in [5, 5.41) is 1.10. The van der Waals surface area contributed by atoms with E-state index in [0.717, 1.165) is 21.6 Å². The Bertz CT molecular complexity index is 780. The molecule has 0 bridgehead atoms. The third-order valence-electron chi connectivity index (χ3n) is 3.30. The van der Waals surface area contributed by atoms with Gasteiger partial charge in [0.05, 0.1) is 5.39 Å². The van der Waals surface area contributed by atoms with E-state index in [4.69, 9.17) is 0 Å². The summed E-state index contributed by atoms with van der Waals surface area (Å²) in [6.07, 6.45) is 5.34. The lowest BCUT2D eigenvalue weighted by molar-refractivity contribution is 0.877. The second-order valence-electron chi connectivity index (χ2n) is 5.41. The molecule has 0 fully saturated rings. The maximum Gasteiger partial charge on any atom is 0.224 e. The number of fused-ring (bicyclic) bond motifs is 1. The average molecular weight is 314 g/mol. The summed E-state index contributed by atoms with van der Waals surface area (Å²) in [4.78, 5) is 23.7. The van der Waals surface area contributed by atoms with Crippen LogP contribution >= 0.6 is 11.3 Å². The zero-order chi connectivity index (χ0) is 15.7. The van der Waals surface area contributed by atoms with E-state index in [9.17, 15) is 0 Å². The van der Waals surface area contributed by atoms with Gasteiger partial charge in [0.1, 0.15) is 17.0 Å². The number of aromatic nitrogens is 4. The van der Waals surface area contributed by atoms with Crippen LogP contribution in [0.1, 0.15) is 10.4 Å². The summed E-state index contributed by atoms with van der Waals surface area (Å²) in [6, 6.07) is 2.14. The summed E-state index contributed by atoms with van der Waals surface area (Å²) in [7, 11) is 5.88. The van der Waals surface area contributed by atoms with Crippen LogP contribution in [-0.4, -0.2) is 41.1 Å². The Labute approximate surface area is 133 Å². The molecule has 0 saturated carbocycles. The molecule has 0 N–H and O–H groups in total. The minimum atomic E-state index is 0.703. The Morgan fingerprint density at radius 2 is 1.77 bits per heavy atom. The van der Waals surface area contributed by atoms with Crippen LogP contribution in [-0.2, 0) is 6.54 Å². The van der Waals surface area contributed by atoms with E-state index in [-0.39, 0.29) is 0 Å². The first-order chi connectivity index (χ1) is 10.5. The van der Waals surface area contributed by atoms with Crippen LogP contribution in [0.5, 0.6) is 0 Å². The monoisotopic (exact) mass is 314 g/mol. The lowest BCUT2D eigenvalue weighted by atomic mass is 10.3. The Balaban J connectivity index is 1.85. The van der Waals surface area contributed by atoms with E-state index < -0.39 is 0 Å². The zero-order valence-corrected chi connectivity index (χ0v) is 13.9. The zero-order valence-electron chi connectivity index (χ0n) is 13.1. The lowest BCUT2D eigenvalue weighted by Crippen LogP contribution is -2.19. The summed E-state index contributed by atoms with van der Waals surface area (Å²) in [6.45, 7) is 2.79. The number of anilines is 2. The lowest BCUT2D eigenvalue weighted by Gasteiger charge is -2.19. The van der Waals surface area contributed by atoms with Crippen LogP contribution in [0, 0.1) is 6.92 Å². The standard InChI is InChI=1S/C15H18N6S/c1-10-5-12-13(18-9-19-14(12)22-10)21(4)8-11-6-16-15(17-7-11)20(2)3/h5-7,9H,8H2,1-4H3. The molecule has 0 atom stereocenters. The molecule has 0 saturated heterocycles. The molecule has 0 spiro atoms. The van der Waals surface area contributed by atoms with E-state index in [1.165, 1.54) is 4.88 Å². The van der Waals surface area contributed by atoms with Crippen LogP contribution in [0.2, 0.25) is 0 Å². The third kappa shape index (κ3) is 2.85. The minimum Gasteiger partial charge on any atom is -0.355 e. The van der Waals surface area contributed by atoms with Gasteiger partial charge in [0.25, 0.3) is 0 Å². The Morgan fingerprint density at radius 1 is 1.05 bits per heavy atom. The molecule has 0 radical (unpaired) electrons. The van der Waals surface area contributed by atoms with Crippen molar-refractivity contribution in [2.24, 2.45) is 0 Å². The molecule has 3 heterocycles. The van der Waals surface area contributed by atoms with Gasteiger partial charge in [-0.1, -0.05) is 0 Å². The fourth-order valence-corrected chi connectivity index (χ4v) is 3.12. The topological polar surface area (TPSA) is 58.0 Å². The molecule has 22 heavy (non-hydrogen) atoms. The van der Waals surface area contributed by atoms with Gasteiger partial charge in [-0.3, -0.25) is 0 Å². The van der Waals surface area contributed by atoms with Crippen LogP contribution in [0.4, 0.5) is 11.8 Å². The second kappa shape index (κ2) is 5.84. The highest BCUT2D eigenvalue weighted by molar-refractivity contribution is 7.18. The fraction of sp³-hybridized carbons (Fsp3) is 0.333. The number of rotatable bonds is 4. The van der Waals surface area contributed by atoms with Gasteiger partial charge in [0.15, 0.2) is 0 Å². The molecule has 3 rings (SSSR count). The van der Waals surface area contributed by atoms with E-state index in [1.54, 1.807) is 17.7 Å². The average Bonchev–Trinajstić information content (AvgIpc) is 2.87. The van der Waals surface area contributed by atoms with E-state index in [0.29, 0.717) is 12.5 Å². The highest BCUT2D eigenvalue weighted by Gasteiger charge is 2.12. The number of hydrogen-bond acceptors (Lipinski definition) is 7. The molecule has 0 aliphatic rings. The van der Waals surface area contributed by atoms with Crippen molar-refractivity contribution >= 4 is 33.3 Å². The number of thiophene rings is 1. The first kappa shape index (κ1) is 14.6. The maximum atomic E-state index is 4.43. The van der Waals surface area contributed by atoms with Crippen LogP contribution in [0.15, 0.2) is 24.8 Å². The molecule has 3 aromatic heterocycles. The van der Waals surface area contributed by atoms with Crippen molar-refractivity contribution in [3.63, 3.8) is 0 Å². The van der Waals surface area contributed by atoms with E-state index >= 15 is 0 Å². The first-order valence-electron chi connectivity index (χ1n) is 6.95. The Kier molecular flexibility index (Phi) is 3.89. The smallest absolute Gasteiger partial charge is 0.224 e. The highest BCUT2D eigenvalue weighted by atomic mass is 32.1. The van der Waals surface area contributed by atoms with Crippen molar-refractivity contribution in [3.05, 3.63) is 35.2 Å². The van der Waals surface area contributed by atoms with Crippen molar-refractivity contribution in [1.29, 1.82) is 0 Å². The normalized spacial score (nSPS) is 10.9. The molecule has 0 aliphatic carbocycles. The van der Waals surface area contributed by atoms with E-state index in [2.05, 4.69) is 37.8 Å². The largest absolute Gasteiger partial charge is 0.355 e. The van der Waals surface area contributed by atoms with Crippen LogP contribution in [0.3, 0.4) is 0 Å². The minimum absolute atomic E-state index is 0.703. The summed E-state index contributed by atoms with van der Waals surface area (Å²) in [5.74, 6) is 1.65. The molecule has 0 amide bonds. The molecular weight excluding hydrogens is 296 g/mol. The van der Waals surface area contributed by atoms with Crippen molar-refractivity contribution in [2.75, 3.05) is 30.9 Å². The summed E-state index contributed by atoms with van der Waals surface area (Å²) >= 11 is 1.69. The number of hydrogen-bond donors (Lipinski definition) is 0. The predicted molar refractivity (Wildman–Crippen MR) is 90.6 cm³/mol. The van der Waals surface area contributed by atoms with Gasteiger partial charge >= 0.3 is 0 Å². The fourth-order valence-electron chi connectivity index (χ4n) is 2.28. The predicted octanol–water partition coefficient (Wildman–Crippen LogP) is 2.49. The molecule has 7 heteroatoms. The SMILES string of the molecule is Cc1cc2c(N(C)Cc3cnc(N(C)C)nc3)ncnc2s1. The number of nitrogens with zero attached hydrogens (tertiary/aromatic N) is 6. The molecule has 0 unspecified atom stereocenters.